The van der Waals surface area contributed by atoms with E-state index in [0.717, 1.165) is 0 Å². The summed E-state index contributed by atoms with van der Waals surface area (Å²) in [7, 11) is -3.58. The molecule has 0 heterocycles. The summed E-state index contributed by atoms with van der Waals surface area (Å²) in [6, 6.07) is 11.7. The number of nitrogens with one attached hydrogen (secondary N) is 2. The third kappa shape index (κ3) is 5.40. The lowest BCUT2D eigenvalue weighted by Gasteiger charge is -2.10. The maximum absolute atomic E-state index is 12.2. The Kier molecular flexibility index (Phi) is 6.12. The van der Waals surface area contributed by atoms with Crippen molar-refractivity contribution < 1.29 is 22.7 Å². The van der Waals surface area contributed by atoms with E-state index in [9.17, 15) is 18.0 Å². The van der Waals surface area contributed by atoms with Gasteiger partial charge in [-0.15, -0.1) is 0 Å². The molecule has 7 nitrogen and oxygen atoms in total. The number of carbonyl (C=O) groups excluding carboxylic acids is 2. The van der Waals surface area contributed by atoms with Crippen molar-refractivity contribution in [2.24, 2.45) is 0 Å². The molecule has 2 N–H and O–H groups in total. The van der Waals surface area contributed by atoms with Gasteiger partial charge in [0.1, 0.15) is 5.75 Å². The lowest BCUT2D eigenvalue weighted by atomic mass is 10.2. The zero-order valence-corrected chi connectivity index (χ0v) is 15.5. The second-order valence-electron chi connectivity index (χ2n) is 5.87. The molecule has 8 heteroatoms. The molecule has 2 aromatic rings. The Bertz CT molecular complexity index is 888. The molecule has 0 aromatic heterocycles. The van der Waals surface area contributed by atoms with Gasteiger partial charge in [-0.2, -0.15) is 0 Å². The lowest BCUT2D eigenvalue weighted by molar-refractivity contribution is -0.131. The normalized spacial score (nSPS) is 11.2. The van der Waals surface area contributed by atoms with Gasteiger partial charge >= 0.3 is 5.97 Å². The van der Waals surface area contributed by atoms with Gasteiger partial charge in [-0.3, -0.25) is 9.59 Å². The Hall–Kier alpha value is -2.71. The van der Waals surface area contributed by atoms with Crippen molar-refractivity contribution in [1.29, 1.82) is 0 Å². The van der Waals surface area contributed by atoms with E-state index in [4.69, 9.17) is 4.74 Å². The zero-order valence-electron chi connectivity index (χ0n) is 14.6. The number of sulfonamides is 1. The van der Waals surface area contributed by atoms with E-state index in [2.05, 4.69) is 10.0 Å². The van der Waals surface area contributed by atoms with Crippen LogP contribution in [0.25, 0.3) is 0 Å². The predicted octanol–water partition coefficient (Wildman–Crippen LogP) is 2.55. The maximum atomic E-state index is 12.2. The Morgan fingerprint density at radius 3 is 2.04 bits per heavy atom. The first-order valence-corrected chi connectivity index (χ1v) is 9.38. The number of ether oxygens (including phenoxy) is 1. The first kappa shape index (κ1) is 19.6. The van der Waals surface area contributed by atoms with Gasteiger partial charge in [-0.1, -0.05) is 0 Å². The molecule has 0 radical (unpaired) electrons. The molecule has 0 saturated carbocycles. The molecule has 26 heavy (non-hydrogen) atoms. The minimum absolute atomic E-state index is 0.120. The quantitative estimate of drug-likeness (QED) is 0.596. The first-order chi connectivity index (χ1) is 12.2. The summed E-state index contributed by atoms with van der Waals surface area (Å²) in [5, 5.41) is 2.68. The number of hydrogen-bond donors (Lipinski definition) is 2. The second-order valence-corrected chi connectivity index (χ2v) is 7.59. The van der Waals surface area contributed by atoms with Crippen LogP contribution in [0.15, 0.2) is 53.4 Å². The fourth-order valence-electron chi connectivity index (χ4n) is 2.14. The molecular formula is C18H20N2O5S. The molecule has 0 aliphatic carbocycles. The summed E-state index contributed by atoms with van der Waals surface area (Å²) in [5.74, 6) is -0.458. The number of amides is 1. The van der Waals surface area contributed by atoms with Crippen molar-refractivity contribution >= 4 is 27.6 Å². The highest BCUT2D eigenvalue weighted by molar-refractivity contribution is 7.89. The van der Waals surface area contributed by atoms with Crippen molar-refractivity contribution in [1.82, 2.24) is 4.72 Å². The van der Waals surface area contributed by atoms with Gasteiger partial charge in [0.25, 0.3) is 5.91 Å². The van der Waals surface area contributed by atoms with E-state index < -0.39 is 16.0 Å². The van der Waals surface area contributed by atoms with Gasteiger partial charge in [0.05, 0.1) is 4.90 Å². The summed E-state index contributed by atoms with van der Waals surface area (Å²) in [6.45, 7) is 4.76. The number of rotatable bonds is 6. The van der Waals surface area contributed by atoms with E-state index in [1.165, 1.54) is 55.5 Å². The highest BCUT2D eigenvalue weighted by Crippen LogP contribution is 2.17. The zero-order chi connectivity index (χ0) is 19.3. The van der Waals surface area contributed by atoms with Crippen LogP contribution in [0, 0.1) is 0 Å². The van der Waals surface area contributed by atoms with Gasteiger partial charge in [-0.05, 0) is 62.4 Å². The maximum Gasteiger partial charge on any atom is 0.308 e. The summed E-state index contributed by atoms with van der Waals surface area (Å²) in [4.78, 5) is 23.2. The van der Waals surface area contributed by atoms with Crippen LogP contribution < -0.4 is 14.8 Å². The van der Waals surface area contributed by atoms with Gasteiger partial charge in [0.15, 0.2) is 0 Å². The third-order valence-electron chi connectivity index (χ3n) is 3.19. The largest absolute Gasteiger partial charge is 0.427 e. The molecule has 2 rings (SSSR count). The topological polar surface area (TPSA) is 102 Å². The van der Waals surface area contributed by atoms with Crippen LogP contribution in [0.2, 0.25) is 0 Å². The molecule has 0 aliphatic heterocycles. The van der Waals surface area contributed by atoms with E-state index >= 15 is 0 Å². The molecule has 0 saturated heterocycles. The molecule has 0 spiro atoms. The van der Waals surface area contributed by atoms with Gasteiger partial charge < -0.3 is 10.1 Å². The van der Waals surface area contributed by atoms with E-state index in [0.29, 0.717) is 17.0 Å². The summed E-state index contributed by atoms with van der Waals surface area (Å²) >= 11 is 0. The van der Waals surface area contributed by atoms with Crippen molar-refractivity contribution in [3.05, 3.63) is 54.1 Å². The van der Waals surface area contributed by atoms with Crippen LogP contribution in [-0.4, -0.2) is 26.3 Å². The van der Waals surface area contributed by atoms with Gasteiger partial charge in [0.2, 0.25) is 10.0 Å². The Morgan fingerprint density at radius 2 is 1.54 bits per heavy atom. The van der Waals surface area contributed by atoms with Crippen LogP contribution in [0.3, 0.4) is 0 Å². The highest BCUT2D eigenvalue weighted by Gasteiger charge is 2.15. The fraction of sp³-hybridized carbons (Fsp3) is 0.222. The number of esters is 1. The summed E-state index contributed by atoms with van der Waals surface area (Å²) in [6.07, 6.45) is 0. The average Bonchev–Trinajstić information content (AvgIpc) is 2.54. The number of benzene rings is 2. The summed E-state index contributed by atoms with van der Waals surface area (Å²) < 4.78 is 31.5. The standard InChI is InChI=1S/C18H20N2O5S/c1-12(2)20-26(23,24)17-10-6-15(7-11-17)19-18(22)14-4-8-16(9-5-14)25-13(3)21/h4-12,20H,1-3H3,(H,19,22). The summed E-state index contributed by atoms with van der Waals surface area (Å²) in [5.41, 5.74) is 0.835. The van der Waals surface area contributed by atoms with Crippen molar-refractivity contribution in [2.45, 2.75) is 31.7 Å². The monoisotopic (exact) mass is 376 g/mol. The minimum atomic E-state index is -3.58. The minimum Gasteiger partial charge on any atom is -0.427 e. The SMILES string of the molecule is CC(=O)Oc1ccc(C(=O)Nc2ccc(S(=O)(=O)NC(C)C)cc2)cc1. The smallest absolute Gasteiger partial charge is 0.308 e. The first-order valence-electron chi connectivity index (χ1n) is 7.89. The number of anilines is 1. The van der Waals surface area contributed by atoms with Crippen LogP contribution >= 0.6 is 0 Å². The molecule has 1 amide bonds. The molecule has 2 aromatic carbocycles. The second kappa shape index (κ2) is 8.11. The Morgan fingerprint density at radius 1 is 0.962 bits per heavy atom. The highest BCUT2D eigenvalue weighted by atomic mass is 32.2. The van der Waals surface area contributed by atoms with Crippen LogP contribution in [-0.2, 0) is 14.8 Å². The van der Waals surface area contributed by atoms with Gasteiger partial charge in [-0.25, -0.2) is 13.1 Å². The number of hydrogen-bond acceptors (Lipinski definition) is 5. The molecule has 0 bridgehead atoms. The third-order valence-corrected chi connectivity index (χ3v) is 4.87. The van der Waals surface area contributed by atoms with Crippen LogP contribution in [0.4, 0.5) is 5.69 Å². The Labute approximate surface area is 152 Å². The van der Waals surface area contributed by atoms with Crippen molar-refractivity contribution in [3.8, 4) is 5.75 Å². The van der Waals surface area contributed by atoms with Gasteiger partial charge in [0, 0.05) is 24.2 Å². The van der Waals surface area contributed by atoms with E-state index in [1.54, 1.807) is 13.8 Å². The molecule has 138 valence electrons. The molecule has 0 aliphatic rings. The number of carbonyl (C=O) groups is 2. The van der Waals surface area contributed by atoms with Crippen molar-refractivity contribution in [2.75, 3.05) is 5.32 Å². The van der Waals surface area contributed by atoms with Crippen LogP contribution in [0.1, 0.15) is 31.1 Å². The fourth-order valence-corrected chi connectivity index (χ4v) is 3.39. The average molecular weight is 376 g/mol. The predicted molar refractivity (Wildman–Crippen MR) is 97.6 cm³/mol. The molecule has 0 unspecified atom stereocenters. The van der Waals surface area contributed by atoms with Crippen molar-refractivity contribution in [3.63, 3.8) is 0 Å². The Balaban J connectivity index is 2.06. The lowest BCUT2D eigenvalue weighted by Crippen LogP contribution is -2.30. The molecular weight excluding hydrogens is 356 g/mol. The van der Waals surface area contributed by atoms with Crippen LogP contribution in [0.5, 0.6) is 5.75 Å². The van der Waals surface area contributed by atoms with E-state index in [1.807, 2.05) is 0 Å². The van der Waals surface area contributed by atoms with E-state index in [-0.39, 0.29) is 16.8 Å². The molecule has 0 fully saturated rings. The molecule has 0 atom stereocenters.